The Kier molecular flexibility index (Phi) is 5.17. The van der Waals surface area contributed by atoms with Gasteiger partial charge in [0.2, 0.25) is 0 Å². The molecule has 152 valence electrons. The van der Waals surface area contributed by atoms with Gasteiger partial charge in [-0.25, -0.2) is 19.1 Å². The van der Waals surface area contributed by atoms with Crippen molar-refractivity contribution in [2.24, 2.45) is 0 Å². The van der Waals surface area contributed by atoms with E-state index in [1.54, 1.807) is 17.8 Å². The predicted octanol–water partition coefficient (Wildman–Crippen LogP) is 5.09. The number of aromatic amines is 1. The van der Waals surface area contributed by atoms with Gasteiger partial charge in [-0.15, -0.1) is 11.8 Å². The number of aromatic carboxylic acids is 1. The highest BCUT2D eigenvalue weighted by Crippen LogP contribution is 2.42. The largest absolute Gasteiger partial charge is 0.477 e. The molecule has 0 bridgehead atoms. The van der Waals surface area contributed by atoms with Crippen molar-refractivity contribution >= 4 is 40.5 Å². The molecular formula is C22H18ClN3O3S. The summed E-state index contributed by atoms with van der Waals surface area (Å²) in [6.07, 6.45) is 0. The zero-order chi connectivity index (χ0) is 21.5. The molecule has 0 fully saturated rings. The van der Waals surface area contributed by atoms with Crippen LogP contribution in [0.15, 0.2) is 70.4 Å². The minimum Gasteiger partial charge on any atom is -0.477 e. The molecule has 0 saturated carbocycles. The molecular weight excluding hydrogens is 422 g/mol. The third kappa shape index (κ3) is 3.74. The lowest BCUT2D eigenvalue weighted by Crippen LogP contribution is -2.16. The van der Waals surface area contributed by atoms with Crippen molar-refractivity contribution in [3.8, 4) is 5.69 Å². The zero-order valence-corrected chi connectivity index (χ0v) is 17.8. The van der Waals surface area contributed by atoms with E-state index in [2.05, 4.69) is 35.9 Å². The van der Waals surface area contributed by atoms with Gasteiger partial charge in [0.1, 0.15) is 0 Å². The monoisotopic (exact) mass is 439 g/mol. The molecule has 4 aromatic rings. The Morgan fingerprint density at radius 1 is 1.13 bits per heavy atom. The van der Waals surface area contributed by atoms with Crippen molar-refractivity contribution in [1.29, 1.82) is 0 Å². The van der Waals surface area contributed by atoms with Crippen LogP contribution in [0.4, 0.5) is 0 Å². The van der Waals surface area contributed by atoms with Crippen molar-refractivity contribution < 1.29 is 9.90 Å². The van der Waals surface area contributed by atoms with Gasteiger partial charge >= 0.3 is 11.7 Å². The van der Waals surface area contributed by atoms with E-state index in [1.165, 1.54) is 22.3 Å². The maximum Gasteiger partial charge on any atom is 0.354 e. The minimum atomic E-state index is -1.17. The van der Waals surface area contributed by atoms with E-state index >= 15 is 0 Å². The SMILES string of the molecule is CC(C)(Sc1ccc(Cl)c(-n2c(=O)[nH]c3ccc(C(=O)O)nc32)c1)c1ccccc1. The topological polar surface area (TPSA) is 88.0 Å². The number of benzene rings is 2. The Labute approximate surface area is 181 Å². The highest BCUT2D eigenvalue weighted by atomic mass is 35.5. The fourth-order valence-electron chi connectivity index (χ4n) is 3.25. The van der Waals surface area contributed by atoms with Crippen LogP contribution in [0.3, 0.4) is 0 Å². The Morgan fingerprint density at radius 2 is 1.87 bits per heavy atom. The number of imidazole rings is 1. The van der Waals surface area contributed by atoms with E-state index in [4.69, 9.17) is 11.6 Å². The summed E-state index contributed by atoms with van der Waals surface area (Å²) in [5.74, 6) is -1.17. The second kappa shape index (κ2) is 7.66. The number of rotatable bonds is 5. The molecule has 8 heteroatoms. The van der Waals surface area contributed by atoms with Crippen molar-refractivity contribution in [2.45, 2.75) is 23.5 Å². The van der Waals surface area contributed by atoms with Gasteiger partial charge < -0.3 is 10.1 Å². The highest BCUT2D eigenvalue weighted by molar-refractivity contribution is 8.00. The number of carboxylic acid groups (broad SMARTS) is 1. The van der Waals surface area contributed by atoms with Crippen LogP contribution in [0.25, 0.3) is 16.9 Å². The number of thioether (sulfide) groups is 1. The average Bonchev–Trinajstić information content (AvgIpc) is 3.04. The van der Waals surface area contributed by atoms with Crippen LogP contribution in [-0.4, -0.2) is 25.6 Å². The van der Waals surface area contributed by atoms with Crippen LogP contribution in [-0.2, 0) is 4.75 Å². The van der Waals surface area contributed by atoms with Gasteiger partial charge in [0, 0.05) is 9.64 Å². The number of nitrogens with zero attached hydrogens (tertiary/aromatic N) is 2. The third-order valence-electron chi connectivity index (χ3n) is 4.75. The van der Waals surface area contributed by atoms with Crippen LogP contribution < -0.4 is 5.69 Å². The van der Waals surface area contributed by atoms with Crippen LogP contribution >= 0.6 is 23.4 Å². The third-order valence-corrected chi connectivity index (χ3v) is 6.31. The lowest BCUT2D eigenvalue weighted by molar-refractivity contribution is 0.0691. The summed E-state index contributed by atoms with van der Waals surface area (Å²) < 4.78 is 1.09. The first kappa shape index (κ1) is 20.3. The van der Waals surface area contributed by atoms with E-state index in [-0.39, 0.29) is 16.1 Å². The number of H-pyrrole nitrogens is 1. The normalized spacial score (nSPS) is 11.7. The van der Waals surface area contributed by atoms with Gasteiger partial charge in [-0.3, -0.25) is 0 Å². The molecule has 4 rings (SSSR count). The molecule has 0 aliphatic carbocycles. The maximum atomic E-state index is 12.6. The molecule has 30 heavy (non-hydrogen) atoms. The summed E-state index contributed by atoms with van der Waals surface area (Å²) in [7, 11) is 0. The summed E-state index contributed by atoms with van der Waals surface area (Å²) in [4.78, 5) is 31.7. The molecule has 0 atom stereocenters. The molecule has 0 saturated heterocycles. The predicted molar refractivity (Wildman–Crippen MR) is 119 cm³/mol. The quantitative estimate of drug-likeness (QED) is 0.423. The number of carboxylic acids is 1. The number of hydrogen-bond acceptors (Lipinski definition) is 4. The van der Waals surface area contributed by atoms with E-state index in [9.17, 15) is 14.7 Å². The number of nitrogens with one attached hydrogen (secondary N) is 1. The number of fused-ring (bicyclic) bond motifs is 1. The summed E-state index contributed by atoms with van der Waals surface area (Å²) in [6.45, 7) is 4.25. The summed E-state index contributed by atoms with van der Waals surface area (Å²) in [6, 6.07) is 18.5. The second-order valence-electron chi connectivity index (χ2n) is 7.23. The van der Waals surface area contributed by atoms with Gasteiger partial charge in [-0.2, -0.15) is 0 Å². The first-order chi connectivity index (χ1) is 14.3. The molecule has 0 unspecified atom stereocenters. The Morgan fingerprint density at radius 3 is 2.57 bits per heavy atom. The Balaban J connectivity index is 1.81. The van der Waals surface area contributed by atoms with Crippen molar-refractivity contribution in [3.63, 3.8) is 0 Å². The summed E-state index contributed by atoms with van der Waals surface area (Å²) in [5, 5.41) is 9.62. The number of hydrogen-bond donors (Lipinski definition) is 2. The number of carbonyl (C=O) groups is 1. The lowest BCUT2D eigenvalue weighted by atomic mass is 10.0. The standard InChI is InChI=1S/C22H18ClN3O3S/c1-22(2,13-6-4-3-5-7-13)30-14-8-9-15(23)18(12-14)26-19-16(25-21(26)29)10-11-17(24-19)20(27)28/h3-12H,1-2H3,(H,25,29)(H,27,28). The van der Waals surface area contributed by atoms with Gasteiger partial charge in [0.25, 0.3) is 0 Å². The van der Waals surface area contributed by atoms with Crippen molar-refractivity contribution in [1.82, 2.24) is 14.5 Å². The first-order valence-electron chi connectivity index (χ1n) is 9.16. The van der Waals surface area contributed by atoms with E-state index in [0.29, 0.717) is 16.2 Å². The molecule has 0 aliphatic heterocycles. The molecule has 2 aromatic carbocycles. The second-order valence-corrected chi connectivity index (χ2v) is 9.33. The van der Waals surface area contributed by atoms with Gasteiger partial charge in [-0.1, -0.05) is 41.9 Å². The number of halogens is 1. The molecule has 2 aromatic heterocycles. The highest BCUT2D eigenvalue weighted by Gasteiger charge is 2.23. The van der Waals surface area contributed by atoms with Crippen LogP contribution in [0.2, 0.25) is 5.02 Å². The van der Waals surface area contributed by atoms with Gasteiger partial charge in [-0.05, 0) is 49.7 Å². The summed E-state index contributed by atoms with van der Waals surface area (Å²) >= 11 is 8.06. The average molecular weight is 440 g/mol. The zero-order valence-electron chi connectivity index (χ0n) is 16.2. The maximum absolute atomic E-state index is 12.6. The molecule has 0 aliphatic rings. The van der Waals surface area contributed by atoms with Gasteiger partial charge in [0.05, 0.1) is 16.2 Å². The Hall–Kier alpha value is -3.03. The van der Waals surface area contributed by atoms with Crippen LogP contribution in [0.5, 0.6) is 0 Å². The minimum absolute atomic E-state index is 0.151. The van der Waals surface area contributed by atoms with Crippen LogP contribution in [0, 0.1) is 0 Å². The fraction of sp³-hybridized carbons (Fsp3) is 0.136. The lowest BCUT2D eigenvalue weighted by Gasteiger charge is -2.25. The Bertz CT molecular complexity index is 1310. The number of pyridine rings is 1. The fourth-order valence-corrected chi connectivity index (χ4v) is 4.60. The molecule has 6 nitrogen and oxygen atoms in total. The van der Waals surface area contributed by atoms with E-state index < -0.39 is 11.7 Å². The molecule has 2 heterocycles. The van der Waals surface area contributed by atoms with E-state index in [0.717, 1.165) is 4.90 Å². The van der Waals surface area contributed by atoms with Crippen molar-refractivity contribution in [2.75, 3.05) is 0 Å². The summed E-state index contributed by atoms with van der Waals surface area (Å²) in [5.41, 5.74) is 1.67. The molecule has 2 N–H and O–H groups in total. The molecule has 0 spiro atoms. The number of aromatic nitrogens is 3. The smallest absolute Gasteiger partial charge is 0.354 e. The van der Waals surface area contributed by atoms with E-state index in [1.807, 2.05) is 30.3 Å². The molecule has 0 radical (unpaired) electrons. The van der Waals surface area contributed by atoms with Crippen molar-refractivity contribution in [3.05, 3.63) is 87.4 Å². The van der Waals surface area contributed by atoms with Crippen LogP contribution in [0.1, 0.15) is 29.9 Å². The van der Waals surface area contributed by atoms with Gasteiger partial charge in [0.15, 0.2) is 11.3 Å². The molecule has 0 amide bonds. The first-order valence-corrected chi connectivity index (χ1v) is 10.4.